The number of carbonyl (C=O) groups is 2. The smallest absolute Gasteiger partial charge is 0.254 e. The molecule has 1 heterocycles. The molecule has 3 rings (SSSR count). The van der Waals surface area contributed by atoms with Crippen molar-refractivity contribution in [3.8, 4) is 0 Å². The highest BCUT2D eigenvalue weighted by atomic mass is 32.2. The Bertz CT molecular complexity index is 1030. The van der Waals surface area contributed by atoms with Gasteiger partial charge in [0.25, 0.3) is 5.91 Å². The van der Waals surface area contributed by atoms with Gasteiger partial charge in [0.1, 0.15) is 11.1 Å². The molecule has 5 nitrogen and oxygen atoms in total. The molecule has 0 fully saturated rings. The molecule has 0 radical (unpaired) electrons. The zero-order valence-electron chi connectivity index (χ0n) is 15.4. The molecule has 0 bridgehead atoms. The molecule has 0 spiro atoms. The van der Waals surface area contributed by atoms with Crippen LogP contribution in [0.15, 0.2) is 76.8 Å². The van der Waals surface area contributed by atoms with E-state index in [0.29, 0.717) is 5.03 Å². The van der Waals surface area contributed by atoms with Gasteiger partial charge in [0.05, 0.1) is 5.56 Å². The van der Waals surface area contributed by atoms with Crippen LogP contribution in [0.1, 0.15) is 22.0 Å². The molecule has 0 aliphatic heterocycles. The minimum atomic E-state index is -1.20. The van der Waals surface area contributed by atoms with Gasteiger partial charge in [0.15, 0.2) is 11.6 Å². The fraction of sp³-hybridized carbons (Fsp3) is 0.0952. The quantitative estimate of drug-likeness (QED) is 0.646. The molecule has 0 aliphatic carbocycles. The summed E-state index contributed by atoms with van der Waals surface area (Å²) < 4.78 is 26.9. The summed E-state index contributed by atoms with van der Waals surface area (Å²) in [5.74, 6) is -3.27. The Morgan fingerprint density at radius 1 is 1.00 bits per heavy atom. The molecule has 1 aromatic heterocycles. The number of pyridine rings is 1. The van der Waals surface area contributed by atoms with Crippen LogP contribution in [0, 0.1) is 11.6 Å². The van der Waals surface area contributed by atoms with Crippen molar-refractivity contribution in [1.82, 2.24) is 15.6 Å². The van der Waals surface area contributed by atoms with E-state index >= 15 is 0 Å². The van der Waals surface area contributed by atoms with Crippen molar-refractivity contribution in [2.24, 2.45) is 0 Å². The predicted molar refractivity (Wildman–Crippen MR) is 105 cm³/mol. The Morgan fingerprint density at radius 2 is 1.76 bits per heavy atom. The summed E-state index contributed by atoms with van der Waals surface area (Å²) >= 11 is 1.30. The largest absolute Gasteiger partial charge is 0.357 e. The maximum atomic E-state index is 13.6. The Kier molecular flexibility index (Phi) is 6.56. The van der Waals surface area contributed by atoms with Crippen LogP contribution in [0.5, 0.6) is 0 Å². The molecule has 2 N–H and O–H groups in total. The summed E-state index contributed by atoms with van der Waals surface area (Å²) in [7, 11) is 1.39. The molecule has 0 aliphatic rings. The second-order valence-electron chi connectivity index (χ2n) is 5.97. The summed E-state index contributed by atoms with van der Waals surface area (Å²) in [5, 5.41) is 5.45. The molecular weight excluding hydrogens is 396 g/mol. The van der Waals surface area contributed by atoms with E-state index in [1.54, 1.807) is 18.3 Å². The van der Waals surface area contributed by atoms with Crippen LogP contribution in [0.3, 0.4) is 0 Å². The number of hydrogen-bond acceptors (Lipinski definition) is 4. The Hall–Kier alpha value is -3.26. The molecule has 2 amide bonds. The minimum absolute atomic E-state index is 0.123. The maximum absolute atomic E-state index is 13.6. The van der Waals surface area contributed by atoms with Gasteiger partial charge in [-0.15, -0.1) is 0 Å². The molecule has 0 saturated carbocycles. The highest BCUT2D eigenvalue weighted by molar-refractivity contribution is 7.99. The van der Waals surface area contributed by atoms with E-state index in [4.69, 9.17) is 0 Å². The molecule has 8 heteroatoms. The summed E-state index contributed by atoms with van der Waals surface area (Å²) in [6.45, 7) is 0. The lowest BCUT2D eigenvalue weighted by molar-refractivity contribution is -0.122. The number of amides is 2. The van der Waals surface area contributed by atoms with Crippen molar-refractivity contribution < 1.29 is 18.4 Å². The molecule has 1 atom stereocenters. The molecule has 2 aromatic carbocycles. The number of nitrogens with one attached hydrogen (secondary N) is 2. The lowest BCUT2D eigenvalue weighted by atomic mass is 10.1. The first-order valence-corrected chi connectivity index (χ1v) is 9.46. The molecule has 0 saturated heterocycles. The first kappa shape index (κ1) is 20.5. The van der Waals surface area contributed by atoms with Crippen molar-refractivity contribution in [2.45, 2.75) is 16.0 Å². The van der Waals surface area contributed by atoms with Gasteiger partial charge in [-0.2, -0.15) is 0 Å². The minimum Gasteiger partial charge on any atom is -0.357 e. The van der Waals surface area contributed by atoms with E-state index < -0.39 is 29.5 Å². The van der Waals surface area contributed by atoms with E-state index in [-0.39, 0.29) is 11.1 Å². The zero-order valence-corrected chi connectivity index (χ0v) is 16.2. The van der Waals surface area contributed by atoms with Crippen molar-refractivity contribution in [1.29, 1.82) is 0 Å². The lowest BCUT2D eigenvalue weighted by Gasteiger charge is -2.18. The van der Waals surface area contributed by atoms with Gasteiger partial charge < -0.3 is 10.6 Å². The molecule has 3 aromatic rings. The third kappa shape index (κ3) is 4.97. The van der Waals surface area contributed by atoms with Gasteiger partial charge >= 0.3 is 0 Å². The number of halogens is 2. The zero-order chi connectivity index (χ0) is 20.8. The van der Waals surface area contributed by atoms with Crippen LogP contribution in [-0.2, 0) is 4.79 Å². The Balaban J connectivity index is 1.88. The fourth-order valence-corrected chi connectivity index (χ4v) is 3.49. The van der Waals surface area contributed by atoms with E-state index in [2.05, 4.69) is 15.6 Å². The standard InChI is InChI=1S/C21H17F2N3O2S/c1-24-20(28)18(13-9-10-16(22)17(23)12-13)26-19(27)15-8-5-11-25-21(15)29-14-6-3-2-4-7-14/h2-12,18H,1H3,(H,24,28)(H,26,27). The number of carbonyl (C=O) groups excluding carboxylic acids is 2. The SMILES string of the molecule is CNC(=O)C(NC(=O)c1cccnc1Sc1ccccc1)c1ccc(F)c(F)c1. The highest BCUT2D eigenvalue weighted by Gasteiger charge is 2.25. The average Bonchev–Trinajstić information content (AvgIpc) is 2.74. The van der Waals surface area contributed by atoms with Crippen LogP contribution in [0.2, 0.25) is 0 Å². The van der Waals surface area contributed by atoms with Gasteiger partial charge in [0.2, 0.25) is 5.91 Å². The molecule has 148 valence electrons. The van der Waals surface area contributed by atoms with Crippen LogP contribution in [0.25, 0.3) is 0 Å². The monoisotopic (exact) mass is 413 g/mol. The van der Waals surface area contributed by atoms with E-state index in [1.165, 1.54) is 24.9 Å². The van der Waals surface area contributed by atoms with Gasteiger partial charge in [-0.3, -0.25) is 9.59 Å². The molecular formula is C21H17F2N3O2S. The van der Waals surface area contributed by atoms with Gasteiger partial charge in [-0.05, 0) is 42.0 Å². The summed E-state index contributed by atoms with van der Waals surface area (Å²) in [6, 6.07) is 14.4. The number of hydrogen-bond donors (Lipinski definition) is 2. The highest BCUT2D eigenvalue weighted by Crippen LogP contribution is 2.28. The molecule has 1 unspecified atom stereocenters. The Morgan fingerprint density at radius 3 is 2.45 bits per heavy atom. The molecule has 29 heavy (non-hydrogen) atoms. The fourth-order valence-electron chi connectivity index (χ4n) is 2.59. The van der Waals surface area contributed by atoms with Crippen LogP contribution >= 0.6 is 11.8 Å². The third-order valence-corrected chi connectivity index (χ3v) is 5.06. The van der Waals surface area contributed by atoms with Crippen LogP contribution in [0.4, 0.5) is 8.78 Å². The summed E-state index contributed by atoms with van der Waals surface area (Å²) in [5.41, 5.74) is 0.385. The van der Waals surface area contributed by atoms with Gasteiger partial charge in [0, 0.05) is 18.1 Å². The topological polar surface area (TPSA) is 71.1 Å². The summed E-state index contributed by atoms with van der Waals surface area (Å²) in [6.07, 6.45) is 1.56. The van der Waals surface area contributed by atoms with E-state index in [0.717, 1.165) is 17.0 Å². The first-order valence-electron chi connectivity index (χ1n) is 8.65. The average molecular weight is 413 g/mol. The number of benzene rings is 2. The third-order valence-electron chi connectivity index (χ3n) is 4.03. The number of rotatable bonds is 6. The van der Waals surface area contributed by atoms with Crippen molar-refractivity contribution in [3.63, 3.8) is 0 Å². The van der Waals surface area contributed by atoms with Crippen LogP contribution < -0.4 is 10.6 Å². The van der Waals surface area contributed by atoms with Gasteiger partial charge in [-0.1, -0.05) is 36.0 Å². The van der Waals surface area contributed by atoms with Crippen molar-refractivity contribution >= 4 is 23.6 Å². The second-order valence-corrected chi connectivity index (χ2v) is 7.03. The first-order chi connectivity index (χ1) is 14.0. The maximum Gasteiger partial charge on any atom is 0.254 e. The Labute approximate surface area is 170 Å². The lowest BCUT2D eigenvalue weighted by Crippen LogP contribution is -2.39. The van der Waals surface area contributed by atoms with Crippen LogP contribution in [-0.4, -0.2) is 23.8 Å². The van der Waals surface area contributed by atoms with Crippen molar-refractivity contribution in [2.75, 3.05) is 7.05 Å². The second kappa shape index (κ2) is 9.29. The summed E-state index contributed by atoms with van der Waals surface area (Å²) in [4.78, 5) is 30.3. The van der Waals surface area contributed by atoms with Crippen molar-refractivity contribution in [3.05, 3.63) is 89.6 Å². The van der Waals surface area contributed by atoms with Gasteiger partial charge in [-0.25, -0.2) is 13.8 Å². The van der Waals surface area contributed by atoms with E-state index in [9.17, 15) is 18.4 Å². The normalized spacial score (nSPS) is 11.6. The van der Waals surface area contributed by atoms with E-state index in [1.807, 2.05) is 30.3 Å². The predicted octanol–water partition coefficient (Wildman–Crippen LogP) is 3.73. The number of nitrogens with zero attached hydrogens (tertiary/aromatic N) is 1. The number of aromatic nitrogens is 1. The number of likely N-dealkylation sites (N-methyl/N-ethyl adjacent to an activating group) is 1.